The summed E-state index contributed by atoms with van der Waals surface area (Å²) in [6, 6.07) is 21.4. The average Bonchev–Trinajstić information content (AvgIpc) is 3.26. The predicted molar refractivity (Wildman–Crippen MR) is 139 cm³/mol. The maximum absolute atomic E-state index is 13.0. The zero-order chi connectivity index (χ0) is 26.4. The molecule has 0 atom stereocenters. The number of carboxylic acids is 1. The van der Waals surface area contributed by atoms with E-state index < -0.39 is 12.1 Å². The first-order chi connectivity index (χ1) is 17.9. The van der Waals surface area contributed by atoms with Gasteiger partial charge in [0, 0.05) is 5.56 Å². The maximum Gasteiger partial charge on any atom is 0.419 e. The Hall–Kier alpha value is -4.30. The number of benzene rings is 3. The molecule has 1 heterocycles. The summed E-state index contributed by atoms with van der Waals surface area (Å²) in [6.45, 7) is 3.98. The maximum atomic E-state index is 13.0. The van der Waals surface area contributed by atoms with Gasteiger partial charge in [-0.2, -0.15) is 0 Å². The highest BCUT2D eigenvalue weighted by molar-refractivity contribution is 6.34. The normalized spacial score (nSPS) is 10.7. The second-order valence-electron chi connectivity index (χ2n) is 8.13. The Morgan fingerprint density at radius 3 is 2.32 bits per heavy atom. The molecule has 3 aromatic carbocycles. The summed E-state index contributed by atoms with van der Waals surface area (Å²) < 4.78 is 16.8. The van der Waals surface area contributed by atoms with Crippen LogP contribution in [0.25, 0.3) is 11.3 Å². The van der Waals surface area contributed by atoms with E-state index in [4.69, 9.17) is 30.7 Å². The summed E-state index contributed by atoms with van der Waals surface area (Å²) in [6.07, 6.45) is -0.628. The quantitative estimate of drug-likeness (QED) is 0.259. The van der Waals surface area contributed by atoms with E-state index in [9.17, 15) is 9.59 Å². The van der Waals surface area contributed by atoms with Gasteiger partial charge in [-0.25, -0.2) is 9.69 Å². The minimum absolute atomic E-state index is 0.0328. The summed E-state index contributed by atoms with van der Waals surface area (Å²) in [5.41, 5.74) is 3.72. The minimum atomic E-state index is -0.879. The lowest BCUT2D eigenvalue weighted by Crippen LogP contribution is -2.27. The number of amides is 1. The van der Waals surface area contributed by atoms with Crippen LogP contribution in [0.15, 0.2) is 77.3 Å². The van der Waals surface area contributed by atoms with Gasteiger partial charge in [-0.1, -0.05) is 65.3 Å². The van der Waals surface area contributed by atoms with Crippen molar-refractivity contribution in [3.05, 3.63) is 94.6 Å². The van der Waals surface area contributed by atoms with Crippen LogP contribution >= 0.6 is 11.6 Å². The van der Waals surface area contributed by atoms with E-state index in [0.717, 1.165) is 5.56 Å². The Bertz CT molecular complexity index is 1380. The molecule has 0 aliphatic heterocycles. The number of carbonyl (C=O) groups excluding carboxylic acids is 1. The van der Waals surface area contributed by atoms with E-state index in [2.05, 4.69) is 5.16 Å². The van der Waals surface area contributed by atoms with Gasteiger partial charge in [-0.15, -0.1) is 0 Å². The van der Waals surface area contributed by atoms with Crippen molar-refractivity contribution in [3.8, 4) is 17.1 Å². The molecule has 0 unspecified atom stereocenters. The number of hydrogen-bond donors (Lipinski definition) is 1. The van der Waals surface area contributed by atoms with Crippen molar-refractivity contribution in [2.24, 2.45) is 0 Å². The molecule has 1 aromatic heterocycles. The number of aryl methyl sites for hydroxylation is 1. The molecule has 0 saturated heterocycles. The summed E-state index contributed by atoms with van der Waals surface area (Å²) in [7, 11) is 0. The first-order valence-electron chi connectivity index (χ1n) is 11.6. The van der Waals surface area contributed by atoms with E-state index in [-0.39, 0.29) is 13.0 Å². The van der Waals surface area contributed by atoms with Crippen LogP contribution in [0.1, 0.15) is 23.7 Å². The Labute approximate surface area is 219 Å². The van der Waals surface area contributed by atoms with Gasteiger partial charge in [0.25, 0.3) is 0 Å². The van der Waals surface area contributed by atoms with Crippen molar-refractivity contribution < 1.29 is 28.7 Å². The van der Waals surface area contributed by atoms with Gasteiger partial charge in [0.05, 0.1) is 23.7 Å². The van der Waals surface area contributed by atoms with E-state index in [1.165, 1.54) is 4.90 Å². The van der Waals surface area contributed by atoms with Crippen molar-refractivity contribution in [2.45, 2.75) is 26.9 Å². The Kier molecular flexibility index (Phi) is 8.10. The smallest absolute Gasteiger partial charge is 0.419 e. The van der Waals surface area contributed by atoms with Gasteiger partial charge in [0.2, 0.25) is 0 Å². The molecule has 0 saturated carbocycles. The summed E-state index contributed by atoms with van der Waals surface area (Å²) in [4.78, 5) is 25.2. The highest BCUT2D eigenvalue weighted by Gasteiger charge is 2.29. The molecule has 1 N–H and O–H groups in total. The molecular weight excluding hydrogens is 496 g/mol. The van der Waals surface area contributed by atoms with Crippen molar-refractivity contribution in [1.82, 2.24) is 5.16 Å². The average molecular weight is 521 g/mol. The Morgan fingerprint density at radius 2 is 1.68 bits per heavy atom. The van der Waals surface area contributed by atoms with Gasteiger partial charge in [0.15, 0.2) is 5.76 Å². The molecule has 0 radical (unpaired) electrons. The third kappa shape index (κ3) is 6.10. The second kappa shape index (κ2) is 11.6. The number of rotatable bonds is 9. The van der Waals surface area contributed by atoms with Crippen molar-refractivity contribution in [2.75, 3.05) is 11.5 Å². The van der Waals surface area contributed by atoms with Crippen molar-refractivity contribution in [3.63, 3.8) is 0 Å². The zero-order valence-electron chi connectivity index (χ0n) is 20.3. The lowest BCUT2D eigenvalue weighted by atomic mass is 10.1. The predicted octanol–water partition coefficient (Wildman–Crippen LogP) is 6.80. The molecule has 1 amide bonds. The second-order valence-corrected chi connectivity index (χ2v) is 8.54. The lowest BCUT2D eigenvalue weighted by Gasteiger charge is -2.23. The van der Waals surface area contributed by atoms with Crippen molar-refractivity contribution in [1.29, 1.82) is 0 Å². The number of halogens is 1. The van der Waals surface area contributed by atoms with E-state index in [1.54, 1.807) is 62.4 Å². The number of hydrogen-bond acceptors (Lipinski definition) is 6. The molecule has 0 bridgehead atoms. The van der Waals surface area contributed by atoms with Crippen LogP contribution in [0.2, 0.25) is 5.02 Å². The Balaban J connectivity index is 1.56. The van der Waals surface area contributed by atoms with Crippen LogP contribution in [0, 0.1) is 6.92 Å². The van der Waals surface area contributed by atoms with E-state index in [1.807, 2.05) is 24.3 Å². The third-order valence-electron chi connectivity index (χ3n) is 5.50. The standard InChI is InChI=1S/C28H25ClN2O6/c1-3-35-28(34)31(24-7-5-4-6-23(24)29)26-18(2)30-37-27(26)21-12-8-20(9-13-21)17-36-22-14-10-19(11-15-22)16-25(32)33/h4-15H,3,16-17H2,1-2H3,(H,32,33). The highest BCUT2D eigenvalue weighted by atomic mass is 35.5. The number of aliphatic carboxylic acids is 1. The topological polar surface area (TPSA) is 102 Å². The number of ether oxygens (including phenoxy) is 2. The molecule has 0 aliphatic rings. The van der Waals surface area contributed by atoms with Crippen LogP contribution in [-0.4, -0.2) is 28.9 Å². The van der Waals surface area contributed by atoms with Gasteiger partial charge in [-0.05, 0) is 49.2 Å². The molecule has 8 nitrogen and oxygen atoms in total. The molecule has 190 valence electrons. The first-order valence-corrected chi connectivity index (χ1v) is 12.0. The fourth-order valence-electron chi connectivity index (χ4n) is 3.75. The molecule has 4 aromatic rings. The highest BCUT2D eigenvalue weighted by Crippen LogP contribution is 2.40. The van der Waals surface area contributed by atoms with Crippen LogP contribution in [0.3, 0.4) is 0 Å². The summed E-state index contributed by atoms with van der Waals surface area (Å²) >= 11 is 6.43. The zero-order valence-corrected chi connectivity index (χ0v) is 21.1. The molecule has 0 aliphatic carbocycles. The molecule has 0 fully saturated rings. The SMILES string of the molecule is CCOC(=O)N(c1ccccc1Cl)c1c(C)noc1-c1ccc(COc2ccc(CC(=O)O)cc2)cc1. The number of carboxylic acid groups (broad SMARTS) is 1. The lowest BCUT2D eigenvalue weighted by molar-refractivity contribution is -0.136. The van der Waals surface area contributed by atoms with Gasteiger partial charge in [0.1, 0.15) is 23.7 Å². The number of para-hydroxylation sites is 1. The number of carbonyl (C=O) groups is 2. The largest absolute Gasteiger partial charge is 0.489 e. The molecule has 9 heteroatoms. The number of anilines is 2. The van der Waals surface area contributed by atoms with Gasteiger partial charge < -0.3 is 19.1 Å². The summed E-state index contributed by atoms with van der Waals surface area (Å²) in [5, 5.41) is 13.4. The van der Waals surface area contributed by atoms with Crippen LogP contribution in [-0.2, 0) is 22.6 Å². The van der Waals surface area contributed by atoms with Crippen LogP contribution < -0.4 is 9.64 Å². The van der Waals surface area contributed by atoms with Crippen LogP contribution in [0.4, 0.5) is 16.2 Å². The molecule has 37 heavy (non-hydrogen) atoms. The van der Waals surface area contributed by atoms with E-state index in [0.29, 0.717) is 51.3 Å². The fourth-order valence-corrected chi connectivity index (χ4v) is 3.97. The molecular formula is C28H25ClN2O6. The summed E-state index contributed by atoms with van der Waals surface area (Å²) in [5.74, 6) is 0.152. The third-order valence-corrected chi connectivity index (χ3v) is 5.82. The van der Waals surface area contributed by atoms with Crippen molar-refractivity contribution >= 4 is 35.0 Å². The number of nitrogens with zero attached hydrogens (tertiary/aromatic N) is 2. The van der Waals surface area contributed by atoms with Gasteiger partial charge >= 0.3 is 12.1 Å². The monoisotopic (exact) mass is 520 g/mol. The first kappa shape index (κ1) is 25.8. The van der Waals surface area contributed by atoms with Gasteiger partial charge in [-0.3, -0.25) is 4.79 Å². The Morgan fingerprint density at radius 1 is 1.00 bits per heavy atom. The number of aromatic nitrogens is 1. The van der Waals surface area contributed by atoms with E-state index >= 15 is 0 Å². The molecule has 4 rings (SSSR count). The minimum Gasteiger partial charge on any atom is -0.489 e. The molecule has 0 spiro atoms. The fraction of sp³-hybridized carbons (Fsp3) is 0.179. The van der Waals surface area contributed by atoms with Crippen LogP contribution in [0.5, 0.6) is 5.75 Å².